The molecular formula is C27H35F3N2O3. The molecule has 0 unspecified atom stereocenters. The van der Waals surface area contributed by atoms with Crippen LogP contribution in [0, 0.1) is 11.8 Å². The number of hydrogen-bond donors (Lipinski definition) is 1. The van der Waals surface area contributed by atoms with Crippen molar-refractivity contribution in [3.05, 3.63) is 71.8 Å². The van der Waals surface area contributed by atoms with Crippen LogP contribution in [-0.2, 0) is 27.4 Å². The second-order valence-corrected chi connectivity index (χ2v) is 10.00. The van der Waals surface area contributed by atoms with E-state index in [1.54, 1.807) is 39.5 Å². The maximum atomic E-state index is 14.1. The first-order valence-electron chi connectivity index (χ1n) is 11.7. The highest BCUT2D eigenvalue weighted by atomic mass is 19.4. The van der Waals surface area contributed by atoms with Crippen LogP contribution in [0.2, 0.25) is 0 Å². The van der Waals surface area contributed by atoms with Crippen LogP contribution in [-0.4, -0.2) is 41.1 Å². The highest BCUT2D eigenvalue weighted by Gasteiger charge is 2.47. The molecule has 0 aliphatic heterocycles. The molecule has 5 nitrogen and oxygen atoms in total. The Kier molecular flexibility index (Phi) is 9.89. The third-order valence-corrected chi connectivity index (χ3v) is 5.28. The molecule has 2 aromatic carbocycles. The maximum Gasteiger partial charge on any atom is 0.401 e. The van der Waals surface area contributed by atoms with Crippen molar-refractivity contribution in [2.45, 2.75) is 65.5 Å². The molecule has 0 saturated heterocycles. The molecule has 0 aliphatic rings. The zero-order valence-electron chi connectivity index (χ0n) is 20.9. The van der Waals surface area contributed by atoms with Gasteiger partial charge in [-0.25, -0.2) is 4.79 Å². The van der Waals surface area contributed by atoms with E-state index in [1.165, 1.54) is 0 Å². The average molecular weight is 493 g/mol. The van der Waals surface area contributed by atoms with E-state index < -0.39 is 48.1 Å². The Labute approximate surface area is 205 Å². The van der Waals surface area contributed by atoms with Crippen LogP contribution < -0.4 is 5.32 Å². The molecule has 2 rings (SSSR count). The van der Waals surface area contributed by atoms with Crippen LogP contribution in [0.15, 0.2) is 60.7 Å². The van der Waals surface area contributed by atoms with E-state index in [-0.39, 0.29) is 13.1 Å². The molecule has 35 heavy (non-hydrogen) atoms. The van der Waals surface area contributed by atoms with Gasteiger partial charge in [0, 0.05) is 19.6 Å². The average Bonchev–Trinajstić information content (AvgIpc) is 2.74. The summed E-state index contributed by atoms with van der Waals surface area (Å²) in [4.78, 5) is 27.1. The molecule has 1 N–H and O–H groups in total. The molecule has 0 spiro atoms. The first-order valence-corrected chi connectivity index (χ1v) is 11.7. The summed E-state index contributed by atoms with van der Waals surface area (Å²) in [6.07, 6.45) is -4.80. The van der Waals surface area contributed by atoms with Crippen LogP contribution in [0.1, 0.15) is 45.7 Å². The van der Waals surface area contributed by atoms with Crippen LogP contribution in [0.4, 0.5) is 13.2 Å². The Morgan fingerprint density at radius 1 is 0.886 bits per heavy atom. The van der Waals surface area contributed by atoms with Crippen molar-refractivity contribution >= 4 is 11.9 Å². The third kappa shape index (κ3) is 9.72. The molecule has 0 radical (unpaired) electrons. The highest BCUT2D eigenvalue weighted by molar-refractivity contribution is 5.86. The number of hydrogen-bond acceptors (Lipinski definition) is 4. The van der Waals surface area contributed by atoms with Gasteiger partial charge in [-0.15, -0.1) is 0 Å². The first-order chi connectivity index (χ1) is 16.3. The van der Waals surface area contributed by atoms with Crippen LogP contribution in [0.25, 0.3) is 0 Å². The van der Waals surface area contributed by atoms with Crippen LogP contribution >= 0.6 is 0 Å². The summed E-state index contributed by atoms with van der Waals surface area (Å²) in [7, 11) is 0. The van der Waals surface area contributed by atoms with Crippen molar-refractivity contribution in [1.29, 1.82) is 0 Å². The van der Waals surface area contributed by atoms with Gasteiger partial charge in [-0.2, -0.15) is 13.2 Å². The van der Waals surface area contributed by atoms with Gasteiger partial charge in [0.25, 0.3) is 0 Å². The second-order valence-electron chi connectivity index (χ2n) is 10.00. The lowest BCUT2D eigenvalue weighted by molar-refractivity contribution is -0.188. The Bertz CT molecular complexity index is 900. The van der Waals surface area contributed by atoms with Crippen molar-refractivity contribution < 1.29 is 27.5 Å². The number of ether oxygens (including phenoxy) is 1. The summed E-state index contributed by atoms with van der Waals surface area (Å²) in [6.45, 7) is 8.18. The van der Waals surface area contributed by atoms with Gasteiger partial charge in [0.2, 0.25) is 5.91 Å². The standard InChI is InChI=1S/C27H35F3N2O3/c1-19(2)23(25(34)35-26(3,4)5)31-24(33)22(27(28,29)30)18-32(16-20-12-8-6-9-13-20)17-21-14-10-7-11-15-21/h6-15,19,22-23H,16-18H2,1-5H3,(H,31,33)/t22-,23-/m0/s1. The smallest absolute Gasteiger partial charge is 0.401 e. The molecule has 1 amide bonds. The van der Waals surface area contributed by atoms with Crippen molar-refractivity contribution in [3.63, 3.8) is 0 Å². The van der Waals surface area contributed by atoms with Crippen molar-refractivity contribution in [1.82, 2.24) is 10.2 Å². The highest BCUT2D eigenvalue weighted by Crippen LogP contribution is 2.29. The normalized spacial score (nSPS) is 14.0. The fraction of sp³-hybridized carbons (Fsp3) is 0.481. The zero-order valence-corrected chi connectivity index (χ0v) is 20.9. The predicted molar refractivity (Wildman–Crippen MR) is 129 cm³/mol. The first kappa shape index (κ1) is 28.4. The number of carbonyl (C=O) groups is 2. The summed E-state index contributed by atoms with van der Waals surface area (Å²) in [5.74, 6) is -4.77. The molecule has 0 bridgehead atoms. The van der Waals surface area contributed by atoms with Gasteiger partial charge in [0.05, 0.1) is 0 Å². The summed E-state index contributed by atoms with van der Waals surface area (Å²) in [5.41, 5.74) is 0.831. The topological polar surface area (TPSA) is 58.6 Å². The number of benzene rings is 2. The van der Waals surface area contributed by atoms with E-state index >= 15 is 0 Å². The minimum Gasteiger partial charge on any atom is -0.458 e. The lowest BCUT2D eigenvalue weighted by Crippen LogP contribution is -2.53. The molecule has 0 heterocycles. The molecule has 0 aliphatic carbocycles. The van der Waals surface area contributed by atoms with Gasteiger partial charge >= 0.3 is 12.1 Å². The van der Waals surface area contributed by atoms with E-state index in [4.69, 9.17) is 4.74 Å². The largest absolute Gasteiger partial charge is 0.458 e. The quantitative estimate of drug-likeness (QED) is 0.455. The minimum atomic E-state index is -4.80. The summed E-state index contributed by atoms with van der Waals surface area (Å²) < 4.78 is 47.7. The third-order valence-electron chi connectivity index (χ3n) is 5.28. The summed E-state index contributed by atoms with van der Waals surface area (Å²) >= 11 is 0. The SMILES string of the molecule is CC(C)[C@H](NC(=O)[C@H](CN(Cc1ccccc1)Cc1ccccc1)C(F)(F)F)C(=O)OC(C)(C)C. The van der Waals surface area contributed by atoms with E-state index in [0.29, 0.717) is 0 Å². The van der Waals surface area contributed by atoms with Crippen LogP contribution in [0.5, 0.6) is 0 Å². The predicted octanol–water partition coefficient (Wildman–Crippen LogP) is 5.35. The Balaban J connectivity index is 2.27. The Morgan fingerprint density at radius 3 is 1.71 bits per heavy atom. The number of esters is 1. The number of rotatable bonds is 10. The molecule has 0 aromatic heterocycles. The van der Waals surface area contributed by atoms with Gasteiger partial charge in [0.1, 0.15) is 17.6 Å². The number of amides is 1. The number of halogens is 3. The second kappa shape index (κ2) is 12.2. The Morgan fingerprint density at radius 2 is 1.34 bits per heavy atom. The summed E-state index contributed by atoms with van der Waals surface area (Å²) in [5, 5.41) is 2.32. The number of carbonyl (C=O) groups excluding carboxylic acids is 2. The van der Waals surface area contributed by atoms with Crippen molar-refractivity contribution in [2.75, 3.05) is 6.54 Å². The molecule has 2 aromatic rings. The van der Waals surface area contributed by atoms with Gasteiger partial charge in [-0.3, -0.25) is 9.69 Å². The van der Waals surface area contributed by atoms with Crippen molar-refractivity contribution in [3.8, 4) is 0 Å². The van der Waals surface area contributed by atoms with Crippen LogP contribution in [0.3, 0.4) is 0 Å². The van der Waals surface area contributed by atoms with Gasteiger partial charge < -0.3 is 10.1 Å². The molecule has 0 saturated carbocycles. The van der Waals surface area contributed by atoms with Crippen molar-refractivity contribution in [2.24, 2.45) is 11.8 Å². The van der Waals surface area contributed by atoms with Gasteiger partial charge in [0.15, 0.2) is 0 Å². The van der Waals surface area contributed by atoms with E-state index in [2.05, 4.69) is 5.32 Å². The lowest BCUT2D eigenvalue weighted by Gasteiger charge is -2.31. The maximum absolute atomic E-state index is 14.1. The minimum absolute atomic E-state index is 0.231. The lowest BCUT2D eigenvalue weighted by atomic mass is 10.0. The van der Waals surface area contributed by atoms with E-state index in [0.717, 1.165) is 11.1 Å². The van der Waals surface area contributed by atoms with Gasteiger partial charge in [-0.05, 0) is 37.8 Å². The molecule has 0 fully saturated rings. The fourth-order valence-electron chi connectivity index (χ4n) is 3.58. The molecule has 8 heteroatoms. The summed E-state index contributed by atoms with van der Waals surface area (Å²) in [6, 6.07) is 17.1. The monoisotopic (exact) mass is 492 g/mol. The molecule has 192 valence electrons. The number of alkyl halides is 3. The van der Waals surface area contributed by atoms with Gasteiger partial charge in [-0.1, -0.05) is 74.5 Å². The number of nitrogens with zero attached hydrogens (tertiary/aromatic N) is 1. The number of nitrogens with one attached hydrogen (secondary N) is 1. The fourth-order valence-corrected chi connectivity index (χ4v) is 3.58. The molecular weight excluding hydrogens is 457 g/mol. The van der Waals surface area contributed by atoms with E-state index in [1.807, 2.05) is 60.7 Å². The molecule has 2 atom stereocenters. The Hall–Kier alpha value is -2.87. The van der Waals surface area contributed by atoms with E-state index in [9.17, 15) is 22.8 Å². The zero-order chi connectivity index (χ0) is 26.2.